The van der Waals surface area contributed by atoms with Crippen molar-refractivity contribution in [3.8, 4) is 0 Å². The van der Waals surface area contributed by atoms with E-state index in [1.807, 2.05) is 11.8 Å². The highest BCUT2D eigenvalue weighted by atomic mass is 19.1. The maximum absolute atomic E-state index is 13.3. The third-order valence-electron chi connectivity index (χ3n) is 2.99. The molecular weight excluding hydrogens is 209 g/mol. The lowest BCUT2D eigenvalue weighted by molar-refractivity contribution is -0.136. The molecule has 2 rings (SSSR count). The van der Waals surface area contributed by atoms with Gasteiger partial charge in [-0.1, -0.05) is 0 Å². The number of pyridine rings is 1. The zero-order chi connectivity index (χ0) is 11.8. The number of hydrogen-bond acceptors (Lipinski definition) is 3. The van der Waals surface area contributed by atoms with E-state index in [1.54, 1.807) is 12.3 Å². The topological polar surface area (TPSA) is 59.2 Å². The predicted molar refractivity (Wildman–Crippen MR) is 56.8 cm³/mol. The molecule has 1 aromatic rings. The summed E-state index contributed by atoms with van der Waals surface area (Å²) >= 11 is 0. The molecular formula is C11H14FN3O. The summed E-state index contributed by atoms with van der Waals surface area (Å²) in [6.07, 6.45) is 2.76. The second-order valence-electron chi connectivity index (χ2n) is 4.54. The van der Waals surface area contributed by atoms with Crippen molar-refractivity contribution in [1.82, 2.24) is 9.88 Å². The normalized spacial score (nSPS) is 19.1. The van der Waals surface area contributed by atoms with E-state index in [2.05, 4.69) is 4.98 Å². The fourth-order valence-corrected chi connectivity index (χ4v) is 1.98. The summed E-state index contributed by atoms with van der Waals surface area (Å²) in [5.41, 5.74) is 5.41. The van der Waals surface area contributed by atoms with Crippen LogP contribution in [0.4, 0.5) is 4.39 Å². The lowest BCUT2D eigenvalue weighted by atomic mass is 9.81. The third-order valence-corrected chi connectivity index (χ3v) is 2.99. The van der Waals surface area contributed by atoms with Crippen LogP contribution in [0.1, 0.15) is 12.5 Å². The number of rotatable bonds is 3. The van der Waals surface area contributed by atoms with Crippen LogP contribution in [0.5, 0.6) is 0 Å². The number of carbonyl (C=O) groups is 1. The van der Waals surface area contributed by atoms with E-state index in [0.29, 0.717) is 25.2 Å². The van der Waals surface area contributed by atoms with Crippen molar-refractivity contribution in [2.75, 3.05) is 13.1 Å². The first-order chi connectivity index (χ1) is 7.51. The van der Waals surface area contributed by atoms with E-state index in [9.17, 15) is 9.18 Å². The number of nitrogens with two attached hydrogens (primary N) is 1. The molecule has 0 atom stereocenters. The SMILES string of the molecule is CC1(C(N)=O)CN(Cc2ccncc2F)C1. The average Bonchev–Trinajstić information content (AvgIpc) is 2.18. The summed E-state index contributed by atoms with van der Waals surface area (Å²) in [7, 11) is 0. The second kappa shape index (κ2) is 3.83. The Bertz CT molecular complexity index is 415. The minimum atomic E-state index is -0.455. The molecule has 1 fully saturated rings. The van der Waals surface area contributed by atoms with Crippen molar-refractivity contribution in [3.63, 3.8) is 0 Å². The molecule has 0 bridgehead atoms. The quantitative estimate of drug-likeness (QED) is 0.813. The molecule has 1 aliphatic heterocycles. The molecule has 16 heavy (non-hydrogen) atoms. The Balaban J connectivity index is 1.96. The molecule has 1 aromatic heterocycles. The summed E-state index contributed by atoms with van der Waals surface area (Å²) in [6, 6.07) is 1.65. The van der Waals surface area contributed by atoms with Crippen molar-refractivity contribution in [1.29, 1.82) is 0 Å². The maximum Gasteiger partial charge on any atom is 0.225 e. The molecule has 2 heterocycles. The Morgan fingerprint density at radius 3 is 2.94 bits per heavy atom. The Kier molecular flexibility index (Phi) is 2.63. The molecule has 4 nitrogen and oxygen atoms in total. The largest absolute Gasteiger partial charge is 0.369 e. The van der Waals surface area contributed by atoms with Crippen LogP contribution in [0, 0.1) is 11.2 Å². The van der Waals surface area contributed by atoms with Crippen molar-refractivity contribution < 1.29 is 9.18 Å². The van der Waals surface area contributed by atoms with Crippen LogP contribution < -0.4 is 5.73 Å². The molecule has 2 N–H and O–H groups in total. The van der Waals surface area contributed by atoms with E-state index in [0.717, 1.165) is 0 Å². The molecule has 1 amide bonds. The van der Waals surface area contributed by atoms with Crippen LogP contribution in [-0.4, -0.2) is 28.9 Å². The molecule has 0 radical (unpaired) electrons. The zero-order valence-corrected chi connectivity index (χ0v) is 9.11. The number of likely N-dealkylation sites (tertiary alicyclic amines) is 1. The van der Waals surface area contributed by atoms with E-state index in [1.165, 1.54) is 6.20 Å². The number of halogens is 1. The van der Waals surface area contributed by atoms with Crippen LogP contribution in [0.3, 0.4) is 0 Å². The van der Waals surface area contributed by atoms with E-state index < -0.39 is 5.41 Å². The molecule has 1 aliphatic rings. The number of carbonyl (C=O) groups excluding carboxylic acids is 1. The Morgan fingerprint density at radius 1 is 1.69 bits per heavy atom. The number of nitrogens with zero attached hydrogens (tertiary/aromatic N) is 2. The minimum Gasteiger partial charge on any atom is -0.369 e. The second-order valence-corrected chi connectivity index (χ2v) is 4.54. The predicted octanol–water partition coefficient (Wildman–Crippen LogP) is 0.528. The van der Waals surface area contributed by atoms with Gasteiger partial charge >= 0.3 is 0 Å². The minimum absolute atomic E-state index is 0.293. The summed E-state index contributed by atoms with van der Waals surface area (Å²) in [5, 5.41) is 0. The third kappa shape index (κ3) is 1.90. The van der Waals surface area contributed by atoms with Gasteiger partial charge < -0.3 is 5.73 Å². The highest BCUT2D eigenvalue weighted by Crippen LogP contribution is 2.30. The first-order valence-electron chi connectivity index (χ1n) is 5.12. The van der Waals surface area contributed by atoms with Gasteiger partial charge in [0.1, 0.15) is 5.82 Å². The molecule has 0 aromatic carbocycles. The monoisotopic (exact) mass is 223 g/mol. The van der Waals surface area contributed by atoms with Gasteiger partial charge in [0, 0.05) is 31.4 Å². The number of amides is 1. The number of primary amides is 1. The van der Waals surface area contributed by atoms with Crippen LogP contribution >= 0.6 is 0 Å². The van der Waals surface area contributed by atoms with Crippen molar-refractivity contribution in [2.24, 2.45) is 11.1 Å². The average molecular weight is 223 g/mol. The van der Waals surface area contributed by atoms with Gasteiger partial charge in [0.05, 0.1) is 11.6 Å². The van der Waals surface area contributed by atoms with Crippen LogP contribution in [0.2, 0.25) is 0 Å². The molecule has 86 valence electrons. The molecule has 0 saturated carbocycles. The standard InChI is InChI=1S/C11H14FN3O/c1-11(10(13)16)6-15(7-11)5-8-2-3-14-4-9(8)12/h2-4H,5-7H2,1H3,(H2,13,16). The highest BCUT2D eigenvalue weighted by Gasteiger charge is 2.43. The Morgan fingerprint density at radius 2 is 2.38 bits per heavy atom. The lowest BCUT2D eigenvalue weighted by Crippen LogP contribution is -2.60. The van der Waals surface area contributed by atoms with Crippen LogP contribution in [0.25, 0.3) is 0 Å². The fraction of sp³-hybridized carbons (Fsp3) is 0.455. The lowest BCUT2D eigenvalue weighted by Gasteiger charge is -2.45. The zero-order valence-electron chi connectivity index (χ0n) is 9.11. The molecule has 0 spiro atoms. The first-order valence-corrected chi connectivity index (χ1v) is 5.12. The first kappa shape index (κ1) is 11.0. The summed E-state index contributed by atoms with van der Waals surface area (Å²) in [4.78, 5) is 16.8. The molecule has 1 saturated heterocycles. The molecule has 5 heteroatoms. The fourth-order valence-electron chi connectivity index (χ4n) is 1.98. The molecule has 0 unspecified atom stereocenters. The van der Waals surface area contributed by atoms with Gasteiger partial charge in [0.25, 0.3) is 0 Å². The summed E-state index contributed by atoms with van der Waals surface area (Å²) in [6.45, 7) is 3.50. The van der Waals surface area contributed by atoms with Crippen molar-refractivity contribution >= 4 is 5.91 Å². The number of hydrogen-bond donors (Lipinski definition) is 1. The Hall–Kier alpha value is -1.49. The van der Waals surface area contributed by atoms with Crippen molar-refractivity contribution in [2.45, 2.75) is 13.5 Å². The van der Waals surface area contributed by atoms with Gasteiger partial charge in [0.2, 0.25) is 5.91 Å². The Labute approximate surface area is 93.3 Å². The van der Waals surface area contributed by atoms with E-state index in [-0.39, 0.29) is 11.7 Å². The van der Waals surface area contributed by atoms with Gasteiger partial charge in [-0.05, 0) is 13.0 Å². The van der Waals surface area contributed by atoms with Crippen LogP contribution in [-0.2, 0) is 11.3 Å². The van der Waals surface area contributed by atoms with E-state index in [4.69, 9.17) is 5.73 Å². The summed E-state index contributed by atoms with van der Waals surface area (Å²) in [5.74, 6) is -0.603. The van der Waals surface area contributed by atoms with E-state index >= 15 is 0 Å². The van der Waals surface area contributed by atoms with Crippen LogP contribution in [0.15, 0.2) is 18.5 Å². The summed E-state index contributed by atoms with van der Waals surface area (Å²) < 4.78 is 13.3. The highest BCUT2D eigenvalue weighted by molar-refractivity contribution is 5.82. The van der Waals surface area contributed by atoms with Gasteiger partial charge in [0.15, 0.2) is 0 Å². The van der Waals surface area contributed by atoms with Crippen molar-refractivity contribution in [3.05, 3.63) is 29.8 Å². The van der Waals surface area contributed by atoms with Gasteiger partial charge in [-0.25, -0.2) is 4.39 Å². The van der Waals surface area contributed by atoms with Gasteiger partial charge in [-0.3, -0.25) is 14.7 Å². The number of aromatic nitrogens is 1. The molecule has 0 aliphatic carbocycles. The van der Waals surface area contributed by atoms with Gasteiger partial charge in [-0.15, -0.1) is 0 Å². The van der Waals surface area contributed by atoms with Gasteiger partial charge in [-0.2, -0.15) is 0 Å². The maximum atomic E-state index is 13.3. The smallest absolute Gasteiger partial charge is 0.225 e.